The van der Waals surface area contributed by atoms with Gasteiger partial charge in [0.1, 0.15) is 12.1 Å². The molecule has 2 heterocycles. The largest absolute Gasteiger partial charge is 0.362 e. The number of fused-ring (bicyclic) bond motifs is 1. The summed E-state index contributed by atoms with van der Waals surface area (Å²) in [5, 5.41) is 0. The van der Waals surface area contributed by atoms with Crippen LogP contribution in [0, 0.1) is 0 Å². The van der Waals surface area contributed by atoms with Gasteiger partial charge in [0.2, 0.25) is 0 Å². The van der Waals surface area contributed by atoms with Gasteiger partial charge in [0.05, 0.1) is 5.69 Å². The Kier molecular flexibility index (Phi) is 4.15. The first-order valence-electron chi connectivity index (χ1n) is 7.50. The van der Waals surface area contributed by atoms with E-state index >= 15 is 0 Å². The Hall–Kier alpha value is -1.94. The van der Waals surface area contributed by atoms with Crippen LogP contribution in [0.1, 0.15) is 16.8 Å². The second kappa shape index (κ2) is 6.22. The summed E-state index contributed by atoms with van der Waals surface area (Å²) >= 11 is 0. The van der Waals surface area contributed by atoms with Crippen molar-refractivity contribution in [2.75, 3.05) is 32.1 Å². The van der Waals surface area contributed by atoms with Crippen LogP contribution in [0.15, 0.2) is 36.7 Å². The number of anilines is 1. The highest BCUT2D eigenvalue weighted by atomic mass is 15.2. The fourth-order valence-corrected chi connectivity index (χ4v) is 2.94. The van der Waals surface area contributed by atoms with E-state index < -0.39 is 0 Å². The Morgan fingerprint density at radius 2 is 1.81 bits per heavy atom. The molecule has 0 N–H and O–H groups in total. The first-order chi connectivity index (χ1) is 10.2. The Bertz CT molecular complexity index is 595. The standard InChI is InChI=1S/C17H22N4/c1-20(2)17-15-8-10-21(11-9-16(15)18-13-19-17)12-14-6-4-3-5-7-14/h3-7,13H,8-12H2,1-2H3. The van der Waals surface area contributed by atoms with E-state index in [1.165, 1.54) is 16.8 Å². The van der Waals surface area contributed by atoms with Crippen LogP contribution in [0.25, 0.3) is 0 Å². The molecule has 3 rings (SSSR count). The minimum Gasteiger partial charge on any atom is -0.362 e. The van der Waals surface area contributed by atoms with Crippen molar-refractivity contribution < 1.29 is 0 Å². The van der Waals surface area contributed by atoms with Crippen LogP contribution in [-0.2, 0) is 19.4 Å². The highest BCUT2D eigenvalue weighted by Crippen LogP contribution is 2.22. The molecule has 0 saturated carbocycles. The molecule has 110 valence electrons. The predicted octanol–water partition coefficient (Wildman–Crippen LogP) is 2.14. The molecule has 0 bridgehead atoms. The molecule has 2 aromatic rings. The van der Waals surface area contributed by atoms with Crippen LogP contribution in [0.4, 0.5) is 5.82 Å². The van der Waals surface area contributed by atoms with Crippen molar-refractivity contribution >= 4 is 5.82 Å². The van der Waals surface area contributed by atoms with Crippen molar-refractivity contribution in [2.45, 2.75) is 19.4 Å². The monoisotopic (exact) mass is 282 g/mol. The second-order valence-corrected chi connectivity index (χ2v) is 5.78. The highest BCUT2D eigenvalue weighted by Gasteiger charge is 2.19. The first kappa shape index (κ1) is 14.0. The van der Waals surface area contributed by atoms with Crippen molar-refractivity contribution in [1.29, 1.82) is 0 Å². The fraction of sp³-hybridized carbons (Fsp3) is 0.412. The topological polar surface area (TPSA) is 32.3 Å². The minimum absolute atomic E-state index is 1.01. The summed E-state index contributed by atoms with van der Waals surface area (Å²) < 4.78 is 0. The van der Waals surface area contributed by atoms with Gasteiger partial charge >= 0.3 is 0 Å². The van der Waals surface area contributed by atoms with Crippen LogP contribution in [0.2, 0.25) is 0 Å². The molecule has 0 amide bonds. The maximum atomic E-state index is 4.50. The third kappa shape index (κ3) is 3.22. The number of benzene rings is 1. The first-order valence-corrected chi connectivity index (χ1v) is 7.50. The van der Waals surface area contributed by atoms with Gasteiger partial charge in [0.25, 0.3) is 0 Å². The van der Waals surface area contributed by atoms with E-state index in [4.69, 9.17) is 0 Å². The van der Waals surface area contributed by atoms with Gasteiger partial charge in [-0.25, -0.2) is 9.97 Å². The SMILES string of the molecule is CN(C)c1ncnc2c1CCN(Cc1ccccc1)CC2. The molecule has 4 heteroatoms. The summed E-state index contributed by atoms with van der Waals surface area (Å²) in [7, 11) is 4.10. The van der Waals surface area contributed by atoms with Crippen LogP contribution >= 0.6 is 0 Å². The number of nitrogens with zero attached hydrogens (tertiary/aromatic N) is 4. The zero-order valence-electron chi connectivity index (χ0n) is 12.8. The van der Waals surface area contributed by atoms with E-state index in [2.05, 4.69) is 64.2 Å². The molecule has 0 spiro atoms. The summed E-state index contributed by atoms with van der Waals surface area (Å²) in [6.45, 7) is 3.14. The quantitative estimate of drug-likeness (QED) is 0.863. The van der Waals surface area contributed by atoms with E-state index in [0.29, 0.717) is 0 Å². The Morgan fingerprint density at radius 1 is 1.05 bits per heavy atom. The summed E-state index contributed by atoms with van der Waals surface area (Å²) in [4.78, 5) is 13.5. The van der Waals surface area contributed by atoms with Crippen molar-refractivity contribution in [3.05, 3.63) is 53.5 Å². The maximum Gasteiger partial charge on any atom is 0.134 e. The highest BCUT2D eigenvalue weighted by molar-refractivity contribution is 5.48. The van der Waals surface area contributed by atoms with Crippen LogP contribution in [-0.4, -0.2) is 42.1 Å². The molecule has 21 heavy (non-hydrogen) atoms. The molecule has 1 aromatic carbocycles. The van der Waals surface area contributed by atoms with Gasteiger partial charge in [-0.15, -0.1) is 0 Å². The lowest BCUT2D eigenvalue weighted by atomic mass is 10.1. The minimum atomic E-state index is 1.01. The normalized spacial score (nSPS) is 15.3. The Labute approximate surface area is 126 Å². The van der Waals surface area contributed by atoms with E-state index in [1.54, 1.807) is 6.33 Å². The molecule has 0 atom stereocenters. The third-order valence-electron chi connectivity index (χ3n) is 4.03. The number of rotatable bonds is 3. The number of aromatic nitrogens is 2. The van der Waals surface area contributed by atoms with Crippen molar-refractivity contribution in [1.82, 2.24) is 14.9 Å². The zero-order valence-corrected chi connectivity index (χ0v) is 12.8. The molecule has 1 aliphatic rings. The van der Waals surface area contributed by atoms with Gasteiger partial charge in [-0.1, -0.05) is 30.3 Å². The number of hydrogen-bond acceptors (Lipinski definition) is 4. The van der Waals surface area contributed by atoms with Gasteiger partial charge in [0, 0.05) is 45.7 Å². The second-order valence-electron chi connectivity index (χ2n) is 5.78. The molecular formula is C17H22N4. The molecule has 0 aliphatic carbocycles. The Morgan fingerprint density at radius 3 is 2.57 bits per heavy atom. The number of hydrogen-bond donors (Lipinski definition) is 0. The molecule has 1 aliphatic heterocycles. The molecular weight excluding hydrogens is 260 g/mol. The summed E-state index contributed by atoms with van der Waals surface area (Å²) in [6.07, 6.45) is 3.73. The average molecular weight is 282 g/mol. The zero-order chi connectivity index (χ0) is 14.7. The van der Waals surface area contributed by atoms with Crippen LogP contribution in [0.3, 0.4) is 0 Å². The molecule has 0 fully saturated rings. The molecule has 0 radical (unpaired) electrons. The van der Waals surface area contributed by atoms with Gasteiger partial charge in [-0.3, -0.25) is 4.90 Å². The smallest absolute Gasteiger partial charge is 0.134 e. The lowest BCUT2D eigenvalue weighted by Gasteiger charge is -2.20. The lowest BCUT2D eigenvalue weighted by Crippen LogP contribution is -2.26. The van der Waals surface area contributed by atoms with Crippen LogP contribution in [0.5, 0.6) is 0 Å². The molecule has 0 saturated heterocycles. The van der Waals surface area contributed by atoms with E-state index in [0.717, 1.165) is 38.3 Å². The Balaban J connectivity index is 1.75. The predicted molar refractivity (Wildman–Crippen MR) is 85.5 cm³/mol. The molecule has 4 nitrogen and oxygen atoms in total. The van der Waals surface area contributed by atoms with Gasteiger partial charge < -0.3 is 4.90 Å². The van der Waals surface area contributed by atoms with Crippen molar-refractivity contribution in [3.63, 3.8) is 0 Å². The third-order valence-corrected chi connectivity index (χ3v) is 4.03. The van der Waals surface area contributed by atoms with Crippen molar-refractivity contribution in [3.8, 4) is 0 Å². The van der Waals surface area contributed by atoms with E-state index in [-0.39, 0.29) is 0 Å². The average Bonchev–Trinajstić information content (AvgIpc) is 2.71. The molecule has 1 aromatic heterocycles. The summed E-state index contributed by atoms with van der Waals surface area (Å²) in [5.41, 5.74) is 3.91. The van der Waals surface area contributed by atoms with E-state index in [1.807, 2.05) is 0 Å². The molecule has 0 unspecified atom stereocenters. The van der Waals surface area contributed by atoms with Gasteiger partial charge in [-0.2, -0.15) is 0 Å². The van der Waals surface area contributed by atoms with Gasteiger partial charge in [-0.05, 0) is 12.0 Å². The summed E-state index contributed by atoms with van der Waals surface area (Å²) in [5.74, 6) is 1.07. The van der Waals surface area contributed by atoms with Gasteiger partial charge in [0.15, 0.2) is 0 Å². The summed E-state index contributed by atoms with van der Waals surface area (Å²) in [6, 6.07) is 10.7. The van der Waals surface area contributed by atoms with Crippen molar-refractivity contribution in [2.24, 2.45) is 0 Å². The fourth-order valence-electron chi connectivity index (χ4n) is 2.94. The van der Waals surface area contributed by atoms with Crippen LogP contribution < -0.4 is 4.90 Å². The maximum absolute atomic E-state index is 4.50. The van der Waals surface area contributed by atoms with E-state index in [9.17, 15) is 0 Å². The lowest BCUT2D eigenvalue weighted by molar-refractivity contribution is 0.279.